The molecule has 1 aromatic heterocycles. The number of carbonyl (C=O) groups excluding carboxylic acids is 2. The molecule has 1 fully saturated rings. The SMILES string of the molecule is CC(=O)N1CCN(CCNC(=O)c2cccc(-c3cnc(N)c(OCCc4c(Cl)cccc4Cl)n3)c2)CC1. The van der Waals surface area contributed by atoms with E-state index >= 15 is 0 Å². The molecule has 3 N–H and O–H groups in total. The number of piperazine rings is 1. The Kier molecular flexibility index (Phi) is 9.38. The first-order valence-electron chi connectivity index (χ1n) is 12.4. The van der Waals surface area contributed by atoms with Crippen molar-refractivity contribution in [1.82, 2.24) is 25.1 Å². The van der Waals surface area contributed by atoms with E-state index in [4.69, 9.17) is 33.7 Å². The number of aromatic nitrogens is 2. The highest BCUT2D eigenvalue weighted by molar-refractivity contribution is 6.36. The predicted molar refractivity (Wildman–Crippen MR) is 149 cm³/mol. The smallest absolute Gasteiger partial charge is 0.257 e. The Morgan fingerprint density at radius 1 is 1.08 bits per heavy atom. The Bertz CT molecular complexity index is 1280. The quantitative estimate of drug-likeness (QED) is 0.414. The Morgan fingerprint density at radius 3 is 2.50 bits per heavy atom. The number of ether oxygens (including phenoxy) is 1. The van der Waals surface area contributed by atoms with Gasteiger partial charge in [-0.15, -0.1) is 0 Å². The van der Waals surface area contributed by atoms with Crippen LogP contribution in [0.15, 0.2) is 48.7 Å². The number of amides is 2. The van der Waals surface area contributed by atoms with Crippen molar-refractivity contribution in [3.63, 3.8) is 0 Å². The topological polar surface area (TPSA) is 114 Å². The molecule has 1 saturated heterocycles. The minimum Gasteiger partial charge on any atom is -0.475 e. The highest BCUT2D eigenvalue weighted by Crippen LogP contribution is 2.26. The van der Waals surface area contributed by atoms with Gasteiger partial charge in [-0.2, -0.15) is 0 Å². The van der Waals surface area contributed by atoms with Crippen molar-refractivity contribution in [1.29, 1.82) is 0 Å². The number of hydrogen-bond donors (Lipinski definition) is 2. The van der Waals surface area contributed by atoms with Crippen molar-refractivity contribution < 1.29 is 14.3 Å². The average Bonchev–Trinajstić information content (AvgIpc) is 2.91. The predicted octanol–water partition coefficient (Wildman–Crippen LogP) is 3.55. The lowest BCUT2D eigenvalue weighted by molar-refractivity contribution is -0.130. The van der Waals surface area contributed by atoms with E-state index < -0.39 is 0 Å². The van der Waals surface area contributed by atoms with Crippen molar-refractivity contribution in [2.75, 3.05) is 51.6 Å². The molecule has 1 aliphatic rings. The van der Waals surface area contributed by atoms with Crippen LogP contribution in [0.25, 0.3) is 11.3 Å². The van der Waals surface area contributed by atoms with E-state index in [-0.39, 0.29) is 30.1 Å². The van der Waals surface area contributed by atoms with Gasteiger partial charge < -0.3 is 20.7 Å². The summed E-state index contributed by atoms with van der Waals surface area (Å²) in [6.07, 6.45) is 2.02. The highest BCUT2D eigenvalue weighted by Gasteiger charge is 2.18. The Hall–Kier alpha value is -3.40. The van der Waals surface area contributed by atoms with Crippen LogP contribution < -0.4 is 15.8 Å². The second-order valence-corrected chi connectivity index (χ2v) is 9.74. The zero-order chi connectivity index (χ0) is 27.1. The van der Waals surface area contributed by atoms with Gasteiger partial charge in [0, 0.05) is 73.8 Å². The number of benzene rings is 2. The number of carbonyl (C=O) groups is 2. The number of nitrogens with zero attached hydrogens (tertiary/aromatic N) is 4. The summed E-state index contributed by atoms with van der Waals surface area (Å²) in [6, 6.07) is 12.5. The van der Waals surface area contributed by atoms with Crippen LogP contribution in [-0.2, 0) is 11.2 Å². The Morgan fingerprint density at radius 2 is 1.79 bits per heavy atom. The number of anilines is 1. The molecule has 9 nitrogen and oxygen atoms in total. The van der Waals surface area contributed by atoms with E-state index in [9.17, 15) is 9.59 Å². The lowest BCUT2D eigenvalue weighted by atomic mass is 10.1. The number of hydrogen-bond acceptors (Lipinski definition) is 7. The first kappa shape index (κ1) is 27.6. The van der Waals surface area contributed by atoms with Crippen molar-refractivity contribution in [2.45, 2.75) is 13.3 Å². The first-order chi connectivity index (χ1) is 18.3. The molecule has 11 heteroatoms. The third kappa shape index (κ3) is 7.12. The number of rotatable bonds is 9. The molecule has 38 heavy (non-hydrogen) atoms. The summed E-state index contributed by atoms with van der Waals surface area (Å²) in [4.78, 5) is 37.1. The summed E-state index contributed by atoms with van der Waals surface area (Å²) >= 11 is 12.5. The maximum absolute atomic E-state index is 12.8. The fraction of sp³-hybridized carbons (Fsp3) is 0.333. The van der Waals surface area contributed by atoms with Gasteiger partial charge in [0.25, 0.3) is 11.8 Å². The molecule has 0 radical (unpaired) electrons. The maximum Gasteiger partial charge on any atom is 0.257 e. The number of nitrogens with two attached hydrogens (primary N) is 1. The minimum absolute atomic E-state index is 0.101. The van der Waals surface area contributed by atoms with Crippen molar-refractivity contribution >= 4 is 40.8 Å². The molecule has 0 aliphatic carbocycles. The standard InChI is InChI=1S/C27H30Cl2N6O3/c1-18(36)35-13-11-34(12-14-35)10-9-31-26(37)20-5-2-4-19(16-20)24-17-32-25(30)27(33-24)38-15-8-21-22(28)6-3-7-23(21)29/h2-7,16-17H,8-15H2,1H3,(H2,30,32)(H,31,37). The summed E-state index contributed by atoms with van der Waals surface area (Å²) in [7, 11) is 0. The van der Waals surface area contributed by atoms with Gasteiger partial charge in [0.1, 0.15) is 0 Å². The normalized spacial score (nSPS) is 13.8. The molecule has 200 valence electrons. The van der Waals surface area contributed by atoms with E-state index in [2.05, 4.69) is 20.2 Å². The van der Waals surface area contributed by atoms with E-state index in [1.54, 1.807) is 49.5 Å². The summed E-state index contributed by atoms with van der Waals surface area (Å²) in [6.45, 7) is 6.12. The Balaban J connectivity index is 1.33. The van der Waals surface area contributed by atoms with Gasteiger partial charge in [-0.1, -0.05) is 41.4 Å². The molecule has 0 bridgehead atoms. The molecule has 1 aliphatic heterocycles. The van der Waals surface area contributed by atoms with Crippen LogP contribution in [0.5, 0.6) is 5.88 Å². The van der Waals surface area contributed by atoms with Gasteiger partial charge in [0.2, 0.25) is 5.91 Å². The minimum atomic E-state index is -0.175. The van der Waals surface area contributed by atoms with Gasteiger partial charge >= 0.3 is 0 Å². The average molecular weight is 557 g/mol. The second kappa shape index (κ2) is 12.9. The molecule has 0 atom stereocenters. The third-order valence-electron chi connectivity index (χ3n) is 6.37. The van der Waals surface area contributed by atoms with E-state index in [1.807, 2.05) is 11.0 Å². The summed E-state index contributed by atoms with van der Waals surface area (Å²) in [5, 5.41) is 4.11. The van der Waals surface area contributed by atoms with Gasteiger partial charge in [-0.25, -0.2) is 9.97 Å². The molecule has 2 amide bonds. The fourth-order valence-corrected chi connectivity index (χ4v) is 4.77. The lowest BCUT2D eigenvalue weighted by Crippen LogP contribution is -2.49. The summed E-state index contributed by atoms with van der Waals surface area (Å²) in [5.41, 5.74) is 8.53. The fourth-order valence-electron chi connectivity index (χ4n) is 4.18. The zero-order valence-corrected chi connectivity index (χ0v) is 22.6. The Labute approximate surface area is 231 Å². The first-order valence-corrected chi connectivity index (χ1v) is 13.1. The number of nitrogens with one attached hydrogen (secondary N) is 1. The van der Waals surface area contributed by atoms with Gasteiger partial charge in [-0.05, 0) is 29.8 Å². The van der Waals surface area contributed by atoms with Crippen LogP contribution in [-0.4, -0.2) is 77.5 Å². The molecule has 4 rings (SSSR count). The van der Waals surface area contributed by atoms with Crippen LogP contribution in [0, 0.1) is 0 Å². The number of nitrogen functional groups attached to an aromatic ring is 1. The van der Waals surface area contributed by atoms with Crippen molar-refractivity contribution in [3.8, 4) is 17.1 Å². The molecular weight excluding hydrogens is 527 g/mol. The largest absolute Gasteiger partial charge is 0.475 e. The second-order valence-electron chi connectivity index (χ2n) is 8.93. The monoisotopic (exact) mass is 556 g/mol. The summed E-state index contributed by atoms with van der Waals surface area (Å²) in [5.74, 6) is 0.289. The maximum atomic E-state index is 12.8. The van der Waals surface area contributed by atoms with Crippen LogP contribution in [0.3, 0.4) is 0 Å². The van der Waals surface area contributed by atoms with Crippen molar-refractivity contribution in [3.05, 3.63) is 69.8 Å². The van der Waals surface area contributed by atoms with Gasteiger partial charge in [0.15, 0.2) is 5.82 Å². The molecule has 0 saturated carbocycles. The molecule has 3 aromatic rings. The van der Waals surface area contributed by atoms with Crippen molar-refractivity contribution in [2.24, 2.45) is 0 Å². The molecule has 0 spiro atoms. The van der Waals surface area contributed by atoms with E-state index in [0.717, 1.165) is 25.2 Å². The number of halogens is 2. The van der Waals surface area contributed by atoms with Gasteiger partial charge in [-0.3, -0.25) is 14.5 Å². The van der Waals surface area contributed by atoms with Gasteiger partial charge in [0.05, 0.1) is 18.5 Å². The molecular formula is C27H30Cl2N6O3. The molecule has 2 aromatic carbocycles. The summed E-state index contributed by atoms with van der Waals surface area (Å²) < 4.78 is 5.80. The lowest BCUT2D eigenvalue weighted by Gasteiger charge is -2.34. The molecule has 2 heterocycles. The third-order valence-corrected chi connectivity index (χ3v) is 7.08. The van der Waals surface area contributed by atoms with Crippen LogP contribution >= 0.6 is 23.2 Å². The van der Waals surface area contributed by atoms with Crippen LogP contribution in [0.1, 0.15) is 22.8 Å². The zero-order valence-electron chi connectivity index (χ0n) is 21.1. The highest BCUT2D eigenvalue weighted by atomic mass is 35.5. The van der Waals surface area contributed by atoms with Crippen LogP contribution in [0.2, 0.25) is 10.0 Å². The molecule has 0 unspecified atom stereocenters. The van der Waals surface area contributed by atoms with E-state index in [1.165, 1.54) is 0 Å². The van der Waals surface area contributed by atoms with E-state index in [0.29, 0.717) is 52.9 Å². The van der Waals surface area contributed by atoms with Crippen LogP contribution in [0.4, 0.5) is 5.82 Å².